The van der Waals surface area contributed by atoms with E-state index >= 15 is 0 Å². The zero-order valence-corrected chi connectivity index (χ0v) is 13.9. The first-order valence-corrected chi connectivity index (χ1v) is 6.17. The first-order valence-electron chi connectivity index (χ1n) is 6.17. The van der Waals surface area contributed by atoms with E-state index in [1.165, 1.54) is 0 Å². The number of nitrogens with two attached hydrogens (primary N) is 1. The Kier molecular flexibility index (Phi) is 6.80. The largest absolute Gasteiger partial charge is 0.508 e. The average molecular weight is 399 g/mol. The Balaban J connectivity index is 0.00000220. The summed E-state index contributed by atoms with van der Waals surface area (Å²) in [7, 11) is 1.57. The summed E-state index contributed by atoms with van der Waals surface area (Å²) in [6.07, 6.45) is 0. The van der Waals surface area contributed by atoms with Gasteiger partial charge in [0.1, 0.15) is 11.5 Å². The highest BCUT2D eigenvalue weighted by molar-refractivity contribution is 14.0. The number of benzene rings is 2. The van der Waals surface area contributed by atoms with Crippen LogP contribution < -0.4 is 15.8 Å². The van der Waals surface area contributed by atoms with Crippen LogP contribution in [0, 0.1) is 0 Å². The van der Waals surface area contributed by atoms with Gasteiger partial charge in [0.25, 0.3) is 0 Å². The third-order valence-electron chi connectivity index (χ3n) is 2.75. The fourth-order valence-electron chi connectivity index (χ4n) is 1.69. The van der Waals surface area contributed by atoms with Gasteiger partial charge in [0, 0.05) is 11.3 Å². The predicted molar refractivity (Wildman–Crippen MR) is 95.5 cm³/mol. The molecule has 0 aliphatic rings. The van der Waals surface area contributed by atoms with Crippen molar-refractivity contribution in [2.24, 2.45) is 10.7 Å². The van der Waals surface area contributed by atoms with Crippen LogP contribution in [-0.2, 0) is 6.54 Å². The van der Waals surface area contributed by atoms with Crippen molar-refractivity contribution in [2.45, 2.75) is 6.54 Å². The maximum Gasteiger partial charge on any atom is 0.193 e. The van der Waals surface area contributed by atoms with E-state index in [0.29, 0.717) is 17.3 Å². The number of rotatable bonds is 4. The fraction of sp³-hybridized carbons (Fsp3) is 0.133. The van der Waals surface area contributed by atoms with E-state index in [0.717, 1.165) is 5.69 Å². The Morgan fingerprint density at radius 2 is 1.95 bits per heavy atom. The molecule has 2 aromatic rings. The van der Waals surface area contributed by atoms with Gasteiger partial charge in [-0.25, -0.2) is 4.99 Å². The highest BCUT2D eigenvalue weighted by Gasteiger charge is 2.03. The molecule has 4 N–H and O–H groups in total. The number of anilines is 1. The molecular formula is C15H18IN3O2. The van der Waals surface area contributed by atoms with Crippen LogP contribution in [0.2, 0.25) is 0 Å². The molecule has 0 saturated heterocycles. The Labute approximate surface area is 140 Å². The monoisotopic (exact) mass is 399 g/mol. The number of methoxy groups -OCH3 is 1. The molecule has 112 valence electrons. The number of para-hydroxylation sites is 1. The van der Waals surface area contributed by atoms with Crippen molar-refractivity contribution in [3.8, 4) is 11.5 Å². The number of nitrogens with zero attached hydrogens (tertiary/aromatic N) is 1. The van der Waals surface area contributed by atoms with Gasteiger partial charge in [-0.15, -0.1) is 24.0 Å². The van der Waals surface area contributed by atoms with Crippen LogP contribution in [0.3, 0.4) is 0 Å². The van der Waals surface area contributed by atoms with E-state index in [1.807, 2.05) is 30.3 Å². The van der Waals surface area contributed by atoms with Crippen LogP contribution in [0.4, 0.5) is 5.69 Å². The lowest BCUT2D eigenvalue weighted by molar-refractivity contribution is 0.411. The number of halogens is 1. The second-order valence-corrected chi connectivity index (χ2v) is 4.19. The molecule has 0 fully saturated rings. The molecule has 0 aliphatic carbocycles. The van der Waals surface area contributed by atoms with E-state index in [-0.39, 0.29) is 36.3 Å². The zero-order valence-electron chi connectivity index (χ0n) is 11.6. The highest BCUT2D eigenvalue weighted by atomic mass is 127. The summed E-state index contributed by atoms with van der Waals surface area (Å²) in [5, 5.41) is 12.7. The molecule has 0 atom stereocenters. The van der Waals surface area contributed by atoms with Gasteiger partial charge in [-0.3, -0.25) is 0 Å². The fourth-order valence-corrected chi connectivity index (χ4v) is 1.69. The normalized spacial score (nSPS) is 10.6. The Hall–Kier alpha value is -1.96. The van der Waals surface area contributed by atoms with Crippen LogP contribution in [0.15, 0.2) is 53.5 Å². The summed E-state index contributed by atoms with van der Waals surface area (Å²) in [6, 6.07) is 14.5. The number of hydrogen-bond acceptors (Lipinski definition) is 3. The van der Waals surface area contributed by atoms with Crippen molar-refractivity contribution in [1.82, 2.24) is 0 Å². The van der Waals surface area contributed by atoms with Crippen molar-refractivity contribution in [1.29, 1.82) is 0 Å². The Morgan fingerprint density at radius 1 is 1.24 bits per heavy atom. The maximum atomic E-state index is 9.75. The third kappa shape index (κ3) is 5.14. The lowest BCUT2D eigenvalue weighted by Crippen LogP contribution is -2.22. The second kappa shape index (κ2) is 8.35. The first-order chi connectivity index (χ1) is 9.69. The number of guanidine groups is 1. The molecule has 0 amide bonds. The molecule has 6 heteroatoms. The van der Waals surface area contributed by atoms with Gasteiger partial charge in [-0.1, -0.05) is 18.2 Å². The van der Waals surface area contributed by atoms with E-state index in [1.54, 1.807) is 25.3 Å². The maximum absolute atomic E-state index is 9.75. The van der Waals surface area contributed by atoms with Crippen molar-refractivity contribution < 1.29 is 9.84 Å². The number of aromatic hydroxyl groups is 1. The van der Waals surface area contributed by atoms with Crippen LogP contribution in [0.5, 0.6) is 11.5 Å². The first kappa shape index (κ1) is 17.1. The molecule has 0 saturated carbocycles. The minimum absolute atomic E-state index is 0. The van der Waals surface area contributed by atoms with Crippen LogP contribution >= 0.6 is 24.0 Å². The number of phenols is 1. The summed E-state index contributed by atoms with van der Waals surface area (Å²) in [6.45, 7) is 0.273. The van der Waals surface area contributed by atoms with E-state index in [9.17, 15) is 5.11 Å². The van der Waals surface area contributed by atoms with Crippen molar-refractivity contribution >= 4 is 35.6 Å². The van der Waals surface area contributed by atoms with Crippen LogP contribution in [-0.4, -0.2) is 18.2 Å². The quantitative estimate of drug-likeness (QED) is 0.420. The number of aliphatic imine (C=N–C) groups is 1. The molecule has 2 rings (SSSR count). The molecule has 5 nitrogen and oxygen atoms in total. The van der Waals surface area contributed by atoms with Crippen molar-refractivity contribution in [2.75, 3.05) is 12.4 Å². The predicted octanol–water partition coefficient (Wildman–Crippen LogP) is 2.95. The van der Waals surface area contributed by atoms with Crippen LogP contribution in [0.1, 0.15) is 5.56 Å². The van der Waals surface area contributed by atoms with Gasteiger partial charge in [-0.2, -0.15) is 0 Å². The summed E-state index contributed by atoms with van der Waals surface area (Å²) in [5.41, 5.74) is 7.32. The molecule has 0 heterocycles. The van der Waals surface area contributed by atoms with Crippen molar-refractivity contribution in [3.05, 3.63) is 54.1 Å². The standard InChI is InChI=1S/C15H17N3O2.HI/c1-20-13-7-8-14(19)11(9-13)10-17-15(16)18-12-5-3-2-4-6-12;/h2-9,19H,10H2,1H3,(H3,16,17,18);1H. The van der Waals surface area contributed by atoms with Gasteiger partial charge in [-0.05, 0) is 30.3 Å². The van der Waals surface area contributed by atoms with E-state index in [2.05, 4.69) is 10.3 Å². The van der Waals surface area contributed by atoms with Gasteiger partial charge >= 0.3 is 0 Å². The van der Waals surface area contributed by atoms with E-state index in [4.69, 9.17) is 10.5 Å². The van der Waals surface area contributed by atoms with Gasteiger partial charge < -0.3 is 20.9 Å². The summed E-state index contributed by atoms with van der Waals surface area (Å²) < 4.78 is 5.11. The Morgan fingerprint density at radius 3 is 2.62 bits per heavy atom. The molecule has 0 radical (unpaired) electrons. The summed E-state index contributed by atoms with van der Waals surface area (Å²) in [5.74, 6) is 1.13. The van der Waals surface area contributed by atoms with Crippen LogP contribution in [0.25, 0.3) is 0 Å². The molecule has 0 spiro atoms. The number of nitrogens with one attached hydrogen (secondary N) is 1. The number of phenolic OH excluding ortho intramolecular Hbond substituents is 1. The lowest BCUT2D eigenvalue weighted by atomic mass is 10.2. The molecule has 0 unspecified atom stereocenters. The summed E-state index contributed by atoms with van der Waals surface area (Å²) >= 11 is 0. The van der Waals surface area contributed by atoms with Gasteiger partial charge in [0.05, 0.1) is 13.7 Å². The third-order valence-corrected chi connectivity index (χ3v) is 2.75. The average Bonchev–Trinajstić information content (AvgIpc) is 2.47. The SMILES string of the molecule is COc1ccc(O)c(CN=C(N)Nc2ccccc2)c1.I. The van der Waals surface area contributed by atoms with Gasteiger partial charge in [0.15, 0.2) is 5.96 Å². The van der Waals surface area contributed by atoms with Crippen molar-refractivity contribution in [3.63, 3.8) is 0 Å². The van der Waals surface area contributed by atoms with Gasteiger partial charge in [0.2, 0.25) is 0 Å². The zero-order chi connectivity index (χ0) is 14.4. The lowest BCUT2D eigenvalue weighted by Gasteiger charge is -2.07. The number of ether oxygens (including phenoxy) is 1. The second-order valence-electron chi connectivity index (χ2n) is 4.19. The topological polar surface area (TPSA) is 79.9 Å². The highest BCUT2D eigenvalue weighted by Crippen LogP contribution is 2.23. The molecule has 0 aliphatic heterocycles. The molecule has 21 heavy (non-hydrogen) atoms. The smallest absolute Gasteiger partial charge is 0.193 e. The minimum Gasteiger partial charge on any atom is -0.508 e. The summed E-state index contributed by atoms with van der Waals surface area (Å²) in [4.78, 5) is 4.19. The molecular weight excluding hydrogens is 381 g/mol. The van der Waals surface area contributed by atoms with E-state index < -0.39 is 0 Å². The number of hydrogen-bond donors (Lipinski definition) is 3. The minimum atomic E-state index is 0. The molecule has 0 bridgehead atoms. The molecule has 0 aromatic heterocycles. The molecule has 2 aromatic carbocycles. The Bertz CT molecular complexity index is 603.